The predicted molar refractivity (Wildman–Crippen MR) is 126 cm³/mol. The predicted octanol–water partition coefficient (Wildman–Crippen LogP) is 5.58. The van der Waals surface area contributed by atoms with Crippen LogP contribution in [0.15, 0.2) is 97.1 Å². The molecule has 0 bridgehead atoms. The number of carbonyl (C=O) groups is 1. The van der Waals surface area contributed by atoms with Crippen molar-refractivity contribution in [3.8, 4) is 28.3 Å². The van der Waals surface area contributed by atoms with E-state index < -0.39 is 0 Å². The molecule has 0 radical (unpaired) electrons. The van der Waals surface area contributed by atoms with Gasteiger partial charge in [0.1, 0.15) is 12.4 Å². The Morgan fingerprint density at radius 3 is 2.28 bits per heavy atom. The molecule has 5 heteroatoms. The molecule has 0 aliphatic heterocycles. The van der Waals surface area contributed by atoms with Crippen LogP contribution in [0.4, 0.5) is 5.69 Å². The highest BCUT2D eigenvalue weighted by Crippen LogP contribution is 2.26. The lowest BCUT2D eigenvalue weighted by Crippen LogP contribution is -2.18. The molecule has 0 atom stereocenters. The van der Waals surface area contributed by atoms with Gasteiger partial charge in [-0.3, -0.25) is 4.79 Å². The number of hydrogen-bond acceptors (Lipinski definition) is 4. The molecule has 1 N–H and O–H groups in total. The van der Waals surface area contributed by atoms with Crippen molar-refractivity contribution >= 4 is 11.6 Å². The molecule has 4 aromatic rings. The first kappa shape index (κ1) is 21.3. The minimum absolute atomic E-state index is 0.000778. The summed E-state index contributed by atoms with van der Waals surface area (Å²) >= 11 is 0. The molecule has 5 nitrogen and oxygen atoms in total. The molecule has 0 fully saturated rings. The Hall–Kier alpha value is -3.96. The Morgan fingerprint density at radius 2 is 1.53 bits per heavy atom. The molecule has 4 rings (SSSR count). The fraction of sp³-hybridized carbons (Fsp3) is 0.111. The highest BCUT2D eigenvalue weighted by atomic mass is 16.5. The van der Waals surface area contributed by atoms with Gasteiger partial charge in [-0.1, -0.05) is 60.7 Å². The smallest absolute Gasteiger partial charge is 0.250 e. The number of carbonyl (C=O) groups excluding carboxylic acids is 1. The number of anilines is 1. The largest absolute Gasteiger partial charge is 0.497 e. The Balaban J connectivity index is 1.37. The molecule has 32 heavy (non-hydrogen) atoms. The molecule has 0 unspecified atom stereocenters. The number of ether oxygens (including phenoxy) is 2. The Kier molecular flexibility index (Phi) is 6.90. The molecular weight excluding hydrogens is 400 g/mol. The van der Waals surface area contributed by atoms with E-state index >= 15 is 0 Å². The third-order valence-electron chi connectivity index (χ3n) is 4.92. The zero-order valence-corrected chi connectivity index (χ0v) is 17.8. The van der Waals surface area contributed by atoms with E-state index in [1.54, 1.807) is 7.11 Å². The number of hydrogen-bond donors (Lipinski definition) is 1. The van der Waals surface area contributed by atoms with Gasteiger partial charge >= 0.3 is 0 Å². The zero-order valence-electron chi connectivity index (χ0n) is 17.8. The molecule has 0 aliphatic rings. The highest BCUT2D eigenvalue weighted by Gasteiger charge is 2.07. The minimum atomic E-state index is -0.188. The van der Waals surface area contributed by atoms with E-state index in [0.717, 1.165) is 33.8 Å². The summed E-state index contributed by atoms with van der Waals surface area (Å²) in [5.74, 6) is 0.606. The number of nitrogens with one attached hydrogen (secondary N) is 1. The van der Waals surface area contributed by atoms with Crippen LogP contribution in [0.25, 0.3) is 22.5 Å². The molecule has 1 heterocycles. The Labute approximate surface area is 187 Å². The normalized spacial score (nSPS) is 10.5. The van der Waals surface area contributed by atoms with Crippen LogP contribution in [-0.2, 0) is 16.1 Å². The van der Waals surface area contributed by atoms with Crippen molar-refractivity contribution in [1.29, 1.82) is 0 Å². The summed E-state index contributed by atoms with van der Waals surface area (Å²) in [6.45, 7) is 0.406. The molecule has 0 saturated heterocycles. The average molecular weight is 425 g/mol. The molecule has 0 saturated carbocycles. The molecular formula is C27H24N2O3. The van der Waals surface area contributed by atoms with Gasteiger partial charge in [-0.05, 0) is 42.0 Å². The van der Waals surface area contributed by atoms with Gasteiger partial charge in [-0.2, -0.15) is 0 Å². The van der Waals surface area contributed by atoms with Gasteiger partial charge in [0.05, 0.1) is 25.1 Å². The van der Waals surface area contributed by atoms with Crippen LogP contribution in [0.1, 0.15) is 5.56 Å². The topological polar surface area (TPSA) is 60.5 Å². The lowest BCUT2D eigenvalue weighted by molar-refractivity contribution is -0.121. The number of rotatable bonds is 8. The van der Waals surface area contributed by atoms with Crippen molar-refractivity contribution in [2.24, 2.45) is 0 Å². The standard InChI is InChI=1S/C27H24N2O3/c1-31-24-10-5-9-22(17-24)26-12-6-11-25(29-26)21-13-15-23(16-14-21)28-27(30)19-32-18-20-7-3-2-4-8-20/h2-17H,18-19H2,1H3,(H,28,30). The van der Waals surface area contributed by atoms with Crippen LogP contribution < -0.4 is 10.1 Å². The maximum absolute atomic E-state index is 12.2. The van der Waals surface area contributed by atoms with Crippen LogP contribution in [0, 0.1) is 0 Å². The van der Waals surface area contributed by atoms with Crippen molar-refractivity contribution in [3.05, 3.63) is 103 Å². The fourth-order valence-corrected chi connectivity index (χ4v) is 3.30. The van der Waals surface area contributed by atoms with E-state index in [-0.39, 0.29) is 12.5 Å². The van der Waals surface area contributed by atoms with Gasteiger partial charge in [-0.15, -0.1) is 0 Å². The number of methoxy groups -OCH3 is 1. The number of benzene rings is 3. The van der Waals surface area contributed by atoms with Crippen molar-refractivity contribution < 1.29 is 14.3 Å². The third kappa shape index (κ3) is 5.59. The summed E-state index contributed by atoms with van der Waals surface area (Å²) in [6, 6.07) is 31.1. The molecule has 0 spiro atoms. The van der Waals surface area contributed by atoms with E-state index in [2.05, 4.69) is 5.32 Å². The third-order valence-corrected chi connectivity index (χ3v) is 4.92. The van der Waals surface area contributed by atoms with Crippen molar-refractivity contribution in [2.75, 3.05) is 19.0 Å². The van der Waals surface area contributed by atoms with Gasteiger partial charge in [0, 0.05) is 16.8 Å². The van der Waals surface area contributed by atoms with Crippen LogP contribution in [0.5, 0.6) is 5.75 Å². The summed E-state index contributed by atoms with van der Waals surface area (Å²) in [7, 11) is 1.65. The monoisotopic (exact) mass is 424 g/mol. The maximum Gasteiger partial charge on any atom is 0.250 e. The van der Waals surface area contributed by atoms with Crippen molar-refractivity contribution in [2.45, 2.75) is 6.61 Å². The summed E-state index contributed by atoms with van der Waals surface area (Å²) in [6.07, 6.45) is 0. The lowest BCUT2D eigenvalue weighted by atomic mass is 10.1. The number of pyridine rings is 1. The Bertz CT molecular complexity index is 1170. The number of aromatic nitrogens is 1. The van der Waals surface area contributed by atoms with Crippen LogP contribution in [0.3, 0.4) is 0 Å². The minimum Gasteiger partial charge on any atom is -0.497 e. The second-order valence-corrected chi connectivity index (χ2v) is 7.24. The highest BCUT2D eigenvalue weighted by molar-refractivity contribution is 5.91. The summed E-state index contributed by atoms with van der Waals surface area (Å²) in [4.78, 5) is 16.9. The van der Waals surface area contributed by atoms with Crippen molar-refractivity contribution in [1.82, 2.24) is 4.98 Å². The first-order chi connectivity index (χ1) is 15.7. The first-order valence-corrected chi connectivity index (χ1v) is 10.3. The first-order valence-electron chi connectivity index (χ1n) is 10.3. The van der Waals surface area contributed by atoms with E-state index in [1.165, 1.54) is 0 Å². The molecule has 1 aromatic heterocycles. The van der Waals surface area contributed by atoms with E-state index in [9.17, 15) is 4.79 Å². The fourth-order valence-electron chi connectivity index (χ4n) is 3.30. The summed E-state index contributed by atoms with van der Waals surface area (Å²) in [5.41, 5.74) is 5.43. The second kappa shape index (κ2) is 10.4. The van der Waals surface area contributed by atoms with Gasteiger partial charge in [0.2, 0.25) is 5.91 Å². The summed E-state index contributed by atoms with van der Waals surface area (Å²) < 4.78 is 10.8. The SMILES string of the molecule is COc1cccc(-c2cccc(-c3ccc(NC(=O)COCc4ccccc4)cc3)n2)c1. The summed E-state index contributed by atoms with van der Waals surface area (Å²) in [5, 5.41) is 2.86. The molecule has 0 aliphatic carbocycles. The lowest BCUT2D eigenvalue weighted by Gasteiger charge is -2.09. The number of nitrogens with zero attached hydrogens (tertiary/aromatic N) is 1. The van der Waals surface area contributed by atoms with Gasteiger partial charge in [0.25, 0.3) is 0 Å². The van der Waals surface area contributed by atoms with Gasteiger partial charge < -0.3 is 14.8 Å². The molecule has 160 valence electrons. The zero-order chi connectivity index (χ0) is 22.2. The van der Waals surface area contributed by atoms with E-state index in [1.807, 2.05) is 97.1 Å². The van der Waals surface area contributed by atoms with Gasteiger partial charge in [0.15, 0.2) is 0 Å². The Morgan fingerprint density at radius 1 is 0.812 bits per heavy atom. The molecule has 1 amide bonds. The van der Waals surface area contributed by atoms with Crippen molar-refractivity contribution in [3.63, 3.8) is 0 Å². The number of amides is 1. The van der Waals surface area contributed by atoms with Crippen LogP contribution in [-0.4, -0.2) is 24.6 Å². The van der Waals surface area contributed by atoms with E-state index in [0.29, 0.717) is 12.3 Å². The second-order valence-electron chi connectivity index (χ2n) is 7.24. The van der Waals surface area contributed by atoms with Gasteiger partial charge in [-0.25, -0.2) is 4.98 Å². The van der Waals surface area contributed by atoms with Crippen LogP contribution >= 0.6 is 0 Å². The quantitative estimate of drug-likeness (QED) is 0.401. The van der Waals surface area contributed by atoms with E-state index in [4.69, 9.17) is 14.5 Å². The van der Waals surface area contributed by atoms with Crippen LogP contribution in [0.2, 0.25) is 0 Å². The molecule has 3 aromatic carbocycles. The maximum atomic E-state index is 12.2. The average Bonchev–Trinajstić information content (AvgIpc) is 2.85.